The molecule has 9 aromatic carbocycles. The lowest BCUT2D eigenvalue weighted by Gasteiger charge is -2.32. The van der Waals surface area contributed by atoms with Gasteiger partial charge in [0.2, 0.25) is 0 Å². The molecule has 2 heterocycles. The number of ether oxygens (including phenoxy) is 4. The number of fused-ring (bicyclic) bond motifs is 2. The van der Waals surface area contributed by atoms with Crippen LogP contribution in [0.4, 0.5) is 0 Å². The van der Waals surface area contributed by atoms with E-state index in [4.69, 9.17) is 18.9 Å². The van der Waals surface area contributed by atoms with Crippen LogP contribution >= 0.6 is 0 Å². The third kappa shape index (κ3) is 7.91. The molecule has 2 aliphatic heterocycles. The number of unbranched alkanes of at least 4 members (excludes halogenated alkanes) is 4. The molecule has 4 amide bonds. The Balaban J connectivity index is 1.36. The Morgan fingerprint density at radius 2 is 0.556 bits per heavy atom. The summed E-state index contributed by atoms with van der Waals surface area (Å²) in [5.41, 5.74) is 5.26. The van der Waals surface area contributed by atoms with Crippen LogP contribution in [0.15, 0.2) is 121 Å². The SMILES string of the molecule is CCCCCN1C(=O)c2cc(Oc3ccc(C)cc3)c3c4c(Oc5ccc(C)cc5)cc5c6c(cc(Oc7ccc(C)cc7)c(c7c(Oc8ccc(C)cc8)cc(c2c37)C1=O)c64)C(=O)N(CCCCC)C5=O. The molecule has 0 aliphatic carbocycles. The van der Waals surface area contributed by atoms with Crippen molar-refractivity contribution in [2.75, 3.05) is 13.1 Å². The number of nitrogens with zero attached hydrogens (tertiary/aromatic N) is 2. The number of benzene rings is 9. The second kappa shape index (κ2) is 18.5. The van der Waals surface area contributed by atoms with Crippen molar-refractivity contribution in [3.63, 3.8) is 0 Å². The van der Waals surface area contributed by atoms with Crippen molar-refractivity contribution in [2.24, 2.45) is 0 Å². The number of carbonyl (C=O) groups excluding carboxylic acids is 4. The summed E-state index contributed by atoms with van der Waals surface area (Å²) in [6.07, 6.45) is 4.74. The van der Waals surface area contributed by atoms with Crippen molar-refractivity contribution in [1.29, 1.82) is 0 Å². The number of amides is 4. The third-order valence-electron chi connectivity index (χ3n) is 14.0. The van der Waals surface area contributed by atoms with Crippen molar-refractivity contribution in [3.05, 3.63) is 166 Å². The van der Waals surface area contributed by atoms with Gasteiger partial charge in [-0.15, -0.1) is 0 Å². The molecule has 10 heteroatoms. The molecule has 0 spiro atoms. The van der Waals surface area contributed by atoms with Gasteiger partial charge in [-0.3, -0.25) is 29.0 Å². The monoisotopic (exact) mass is 954 g/mol. The van der Waals surface area contributed by atoms with Crippen LogP contribution in [-0.2, 0) is 0 Å². The molecule has 11 rings (SSSR count). The minimum absolute atomic E-state index is 0.229. The van der Waals surface area contributed by atoms with Crippen LogP contribution in [-0.4, -0.2) is 46.5 Å². The minimum Gasteiger partial charge on any atom is -0.457 e. The van der Waals surface area contributed by atoms with E-state index in [1.54, 1.807) is 24.3 Å². The second-order valence-corrected chi connectivity index (χ2v) is 19.3. The molecule has 0 atom stereocenters. The first-order valence-electron chi connectivity index (χ1n) is 25.0. The van der Waals surface area contributed by atoms with Gasteiger partial charge in [0.1, 0.15) is 46.0 Å². The molecule has 0 bridgehead atoms. The molecule has 0 unspecified atom stereocenters. The highest BCUT2D eigenvalue weighted by Gasteiger charge is 2.41. The first-order chi connectivity index (χ1) is 34.9. The van der Waals surface area contributed by atoms with Gasteiger partial charge in [-0.2, -0.15) is 0 Å². The Hall–Kier alpha value is -8.24. The number of hydrogen-bond donors (Lipinski definition) is 0. The Bertz CT molecular complexity index is 3190. The zero-order chi connectivity index (χ0) is 49.9. The Morgan fingerprint density at radius 3 is 0.778 bits per heavy atom. The molecule has 0 aromatic heterocycles. The average Bonchev–Trinajstić information content (AvgIpc) is 3.37. The summed E-state index contributed by atoms with van der Waals surface area (Å²) in [5.74, 6) is 1.44. The van der Waals surface area contributed by atoms with Gasteiger partial charge in [0, 0.05) is 56.2 Å². The maximum Gasteiger partial charge on any atom is 0.261 e. The summed E-state index contributed by atoms with van der Waals surface area (Å²) >= 11 is 0. The highest BCUT2D eigenvalue weighted by molar-refractivity contribution is 6.44. The first kappa shape index (κ1) is 46.2. The summed E-state index contributed by atoms with van der Waals surface area (Å²) in [5, 5.41) is 3.80. The summed E-state index contributed by atoms with van der Waals surface area (Å²) in [7, 11) is 0. The standard InChI is InChI=1S/C62H54N2O8/c1-7-9-11-29-63-59(65)43-31-47(69-39-21-13-35(3)14-22-39)53-55-49(71-41-25-17-37(5)18-26-41)33-45-52-46(62(68)64(61(45)67)30-12-10-8-2)34-50(72-42-27-19-38(6)20-28-42)56(58(52)55)54-48(70-40-23-15-36(4)16-24-40)32-44(60(63)66)51(43)57(53)54/h13-28,31-34H,7-12,29-30H2,1-6H3. The number of imide groups is 2. The molecule has 72 heavy (non-hydrogen) atoms. The van der Waals surface area contributed by atoms with Gasteiger partial charge in [0.05, 0.1) is 22.3 Å². The predicted molar refractivity (Wildman–Crippen MR) is 282 cm³/mol. The van der Waals surface area contributed by atoms with Gasteiger partial charge in [-0.1, -0.05) is 110 Å². The minimum atomic E-state index is -0.440. The normalized spacial score (nSPS) is 13.4. The van der Waals surface area contributed by atoms with Gasteiger partial charge in [0.25, 0.3) is 23.6 Å². The van der Waals surface area contributed by atoms with E-state index in [0.29, 0.717) is 102 Å². The van der Waals surface area contributed by atoms with Crippen LogP contribution in [0.3, 0.4) is 0 Å². The van der Waals surface area contributed by atoms with Gasteiger partial charge in [-0.25, -0.2) is 0 Å². The van der Waals surface area contributed by atoms with Crippen molar-refractivity contribution in [2.45, 2.75) is 80.1 Å². The number of hydrogen-bond acceptors (Lipinski definition) is 8. The molecular formula is C62H54N2O8. The number of aryl methyl sites for hydroxylation is 4. The molecule has 0 fully saturated rings. The molecule has 9 aromatic rings. The number of carbonyl (C=O) groups is 4. The van der Waals surface area contributed by atoms with E-state index < -0.39 is 23.6 Å². The van der Waals surface area contributed by atoms with Gasteiger partial charge in [0.15, 0.2) is 0 Å². The fourth-order valence-corrected chi connectivity index (χ4v) is 10.3. The van der Waals surface area contributed by atoms with E-state index in [2.05, 4.69) is 13.8 Å². The summed E-state index contributed by atoms with van der Waals surface area (Å²) < 4.78 is 28.1. The molecule has 0 saturated heterocycles. The molecular weight excluding hydrogens is 901 g/mol. The fourth-order valence-electron chi connectivity index (χ4n) is 10.3. The van der Waals surface area contributed by atoms with Gasteiger partial charge >= 0.3 is 0 Å². The Morgan fingerprint density at radius 1 is 0.319 bits per heavy atom. The Labute approximate surface area is 418 Å². The smallest absolute Gasteiger partial charge is 0.261 e. The Kier molecular flexibility index (Phi) is 11.9. The van der Waals surface area contributed by atoms with E-state index >= 15 is 19.2 Å². The van der Waals surface area contributed by atoms with E-state index in [9.17, 15) is 0 Å². The van der Waals surface area contributed by atoms with Crippen LogP contribution in [0.1, 0.15) is 116 Å². The maximum atomic E-state index is 15.1. The zero-order valence-corrected chi connectivity index (χ0v) is 41.4. The van der Waals surface area contributed by atoms with E-state index in [0.717, 1.165) is 47.9 Å². The number of rotatable bonds is 16. The van der Waals surface area contributed by atoms with Crippen molar-refractivity contribution in [1.82, 2.24) is 9.80 Å². The molecule has 0 N–H and O–H groups in total. The van der Waals surface area contributed by atoms with Crippen LogP contribution in [0.5, 0.6) is 46.0 Å². The van der Waals surface area contributed by atoms with Gasteiger partial charge < -0.3 is 18.9 Å². The lowest BCUT2D eigenvalue weighted by atomic mass is 9.80. The van der Waals surface area contributed by atoms with Crippen LogP contribution in [0.25, 0.3) is 43.1 Å². The lowest BCUT2D eigenvalue weighted by Crippen LogP contribution is -2.41. The van der Waals surface area contributed by atoms with E-state index in [-0.39, 0.29) is 35.3 Å². The van der Waals surface area contributed by atoms with E-state index in [1.807, 2.05) is 125 Å². The van der Waals surface area contributed by atoms with Gasteiger partial charge in [-0.05, 0) is 113 Å². The largest absolute Gasteiger partial charge is 0.457 e. The third-order valence-corrected chi connectivity index (χ3v) is 14.0. The lowest BCUT2D eigenvalue weighted by molar-refractivity contribution is 0.0592. The zero-order valence-electron chi connectivity index (χ0n) is 41.4. The van der Waals surface area contributed by atoms with Crippen LogP contribution < -0.4 is 18.9 Å². The van der Waals surface area contributed by atoms with E-state index in [1.165, 1.54) is 9.80 Å². The van der Waals surface area contributed by atoms with Crippen LogP contribution in [0.2, 0.25) is 0 Å². The molecule has 10 nitrogen and oxygen atoms in total. The fraction of sp³-hybridized carbons (Fsp3) is 0.226. The maximum absolute atomic E-state index is 15.1. The van der Waals surface area contributed by atoms with Crippen LogP contribution in [0, 0.1) is 27.7 Å². The first-order valence-corrected chi connectivity index (χ1v) is 25.0. The average molecular weight is 955 g/mol. The molecule has 360 valence electrons. The quantitative estimate of drug-likeness (QED) is 0.0407. The highest BCUT2D eigenvalue weighted by atomic mass is 16.5. The predicted octanol–water partition coefficient (Wildman–Crippen LogP) is 15.7. The summed E-state index contributed by atoms with van der Waals surface area (Å²) in [6, 6.07) is 37.5. The molecule has 0 radical (unpaired) electrons. The highest BCUT2D eigenvalue weighted by Crippen LogP contribution is 2.58. The summed E-state index contributed by atoms with van der Waals surface area (Å²) in [4.78, 5) is 63.2. The van der Waals surface area contributed by atoms with Crippen molar-refractivity contribution in [3.8, 4) is 46.0 Å². The van der Waals surface area contributed by atoms with Crippen molar-refractivity contribution >= 4 is 66.7 Å². The molecule has 0 saturated carbocycles. The summed E-state index contributed by atoms with van der Waals surface area (Å²) in [6.45, 7) is 12.6. The van der Waals surface area contributed by atoms with Crippen molar-refractivity contribution < 1.29 is 38.1 Å². The molecule has 2 aliphatic rings. The second-order valence-electron chi connectivity index (χ2n) is 19.3. The topological polar surface area (TPSA) is 112 Å².